The van der Waals surface area contributed by atoms with Crippen LogP contribution in [0.4, 0.5) is 11.8 Å². The van der Waals surface area contributed by atoms with Gasteiger partial charge in [0.05, 0.1) is 0 Å². The summed E-state index contributed by atoms with van der Waals surface area (Å²) in [6.45, 7) is 9.25. The third-order valence-corrected chi connectivity index (χ3v) is 5.12. The van der Waals surface area contributed by atoms with Crippen molar-refractivity contribution in [2.75, 3.05) is 23.3 Å². The Bertz CT molecular complexity index is 785. The van der Waals surface area contributed by atoms with Gasteiger partial charge in [-0.25, -0.2) is 4.98 Å². The van der Waals surface area contributed by atoms with Crippen molar-refractivity contribution in [3.05, 3.63) is 46.6 Å². The minimum atomic E-state index is 0.502. The molecule has 0 saturated carbocycles. The van der Waals surface area contributed by atoms with Gasteiger partial charge in [-0.15, -0.1) is 0 Å². The normalized spacial score (nSPS) is 19.6. The molecule has 1 aromatic heterocycles. The fourth-order valence-corrected chi connectivity index (χ4v) is 3.84. The number of hydrogen-bond donors (Lipinski definition) is 2. The third-order valence-electron chi connectivity index (χ3n) is 4.63. The summed E-state index contributed by atoms with van der Waals surface area (Å²) < 4.78 is 0. The summed E-state index contributed by atoms with van der Waals surface area (Å²) >= 11 is 11.3. The van der Waals surface area contributed by atoms with Crippen LogP contribution < -0.4 is 15.5 Å². The minimum Gasteiger partial charge on any atom is -0.358 e. The molecule has 5 nitrogen and oxygen atoms in total. The molecular weight excluding hydrogens is 378 g/mol. The van der Waals surface area contributed by atoms with Crippen molar-refractivity contribution in [2.45, 2.75) is 33.7 Å². The second-order valence-electron chi connectivity index (χ2n) is 7.48. The summed E-state index contributed by atoms with van der Waals surface area (Å²) in [7, 11) is 0. The molecule has 2 atom stereocenters. The van der Waals surface area contributed by atoms with E-state index in [0.717, 1.165) is 35.2 Å². The summed E-state index contributed by atoms with van der Waals surface area (Å²) in [5, 5.41) is 7.52. The quantitative estimate of drug-likeness (QED) is 0.737. The van der Waals surface area contributed by atoms with Crippen molar-refractivity contribution in [1.82, 2.24) is 15.3 Å². The Morgan fingerprint density at radius 2 is 1.85 bits per heavy atom. The van der Waals surface area contributed by atoms with E-state index in [1.165, 1.54) is 6.42 Å². The van der Waals surface area contributed by atoms with E-state index in [9.17, 15) is 0 Å². The van der Waals surface area contributed by atoms with Gasteiger partial charge in [-0.05, 0) is 55.1 Å². The number of nitrogens with zero attached hydrogens (tertiary/aromatic N) is 3. The van der Waals surface area contributed by atoms with Crippen molar-refractivity contribution in [2.24, 2.45) is 11.8 Å². The molecule has 2 heterocycles. The highest BCUT2D eigenvalue weighted by atomic mass is 35.5. The number of benzene rings is 1. The molecule has 27 heavy (non-hydrogen) atoms. The van der Waals surface area contributed by atoms with Gasteiger partial charge in [-0.1, -0.05) is 37.6 Å². The molecule has 1 fully saturated rings. The lowest BCUT2D eigenvalue weighted by Crippen LogP contribution is -2.39. The van der Waals surface area contributed by atoms with Crippen LogP contribution in [0.15, 0.2) is 30.3 Å². The van der Waals surface area contributed by atoms with Gasteiger partial charge in [0.15, 0.2) is 5.11 Å². The smallest absolute Gasteiger partial charge is 0.231 e. The molecule has 2 N–H and O–H groups in total. The average Bonchev–Trinajstić information content (AvgIpc) is 2.60. The standard InChI is InChI=1S/C20H26ClN5S/c1-13-8-14(2)12-26(11-13)18-9-15(3)23-19(24-18)25-20(27)22-10-16-4-6-17(21)7-5-16/h4-7,9,13-14H,8,10-12H2,1-3H3,(H2,22,23,24,25,27)/t13-,14-/m1/s1. The largest absolute Gasteiger partial charge is 0.358 e. The number of rotatable bonds is 4. The number of thiocarbonyl (C=S) groups is 1. The lowest BCUT2D eigenvalue weighted by molar-refractivity contribution is 0.355. The number of aryl methyl sites for hydroxylation is 1. The molecule has 1 aliphatic heterocycles. The first-order valence-corrected chi connectivity index (χ1v) is 10.1. The van der Waals surface area contributed by atoms with Crippen molar-refractivity contribution in [3.63, 3.8) is 0 Å². The summed E-state index contributed by atoms with van der Waals surface area (Å²) in [6, 6.07) is 9.72. The maximum absolute atomic E-state index is 5.91. The Morgan fingerprint density at radius 3 is 2.52 bits per heavy atom. The highest BCUT2D eigenvalue weighted by molar-refractivity contribution is 7.80. The summed E-state index contributed by atoms with van der Waals surface area (Å²) in [5.74, 6) is 2.83. The molecular formula is C20H26ClN5S. The molecule has 1 aliphatic rings. The first kappa shape index (κ1) is 19.8. The first-order chi connectivity index (χ1) is 12.9. The lowest BCUT2D eigenvalue weighted by Gasteiger charge is -2.36. The van der Waals surface area contributed by atoms with Gasteiger partial charge in [-0.2, -0.15) is 4.98 Å². The Kier molecular flexibility index (Phi) is 6.50. The van der Waals surface area contributed by atoms with Gasteiger partial charge < -0.3 is 15.5 Å². The van der Waals surface area contributed by atoms with E-state index < -0.39 is 0 Å². The van der Waals surface area contributed by atoms with Gasteiger partial charge >= 0.3 is 0 Å². The lowest BCUT2D eigenvalue weighted by atomic mass is 9.92. The molecule has 3 rings (SSSR count). The zero-order valence-electron chi connectivity index (χ0n) is 16.0. The summed E-state index contributed by atoms with van der Waals surface area (Å²) in [6.07, 6.45) is 1.27. The van der Waals surface area contributed by atoms with E-state index in [1.54, 1.807) is 0 Å². The zero-order chi connectivity index (χ0) is 19.4. The van der Waals surface area contributed by atoms with E-state index in [1.807, 2.05) is 37.3 Å². The number of hydrogen-bond acceptors (Lipinski definition) is 4. The van der Waals surface area contributed by atoms with Crippen LogP contribution in [0.2, 0.25) is 5.02 Å². The molecule has 7 heteroatoms. The molecule has 0 unspecified atom stereocenters. The number of piperidine rings is 1. The van der Waals surface area contributed by atoms with E-state index in [4.69, 9.17) is 28.8 Å². The Hall–Kier alpha value is -1.92. The van der Waals surface area contributed by atoms with Crippen LogP contribution in [-0.4, -0.2) is 28.2 Å². The fraction of sp³-hybridized carbons (Fsp3) is 0.450. The van der Waals surface area contributed by atoms with Crippen LogP contribution in [0.3, 0.4) is 0 Å². The Balaban J connectivity index is 1.63. The number of halogens is 1. The topological polar surface area (TPSA) is 53.1 Å². The van der Waals surface area contributed by atoms with Crippen molar-refractivity contribution in [3.8, 4) is 0 Å². The number of aromatic nitrogens is 2. The van der Waals surface area contributed by atoms with E-state index in [-0.39, 0.29) is 0 Å². The SMILES string of the molecule is Cc1cc(N2C[C@H](C)C[C@@H](C)C2)nc(NC(=S)NCc2ccc(Cl)cc2)n1. The van der Waals surface area contributed by atoms with Gasteiger partial charge in [-0.3, -0.25) is 0 Å². The maximum Gasteiger partial charge on any atom is 0.231 e. The van der Waals surface area contributed by atoms with E-state index >= 15 is 0 Å². The maximum atomic E-state index is 5.91. The van der Waals surface area contributed by atoms with Gasteiger partial charge in [0.1, 0.15) is 5.82 Å². The molecule has 0 spiro atoms. The summed E-state index contributed by atoms with van der Waals surface area (Å²) in [4.78, 5) is 11.5. The highest BCUT2D eigenvalue weighted by Crippen LogP contribution is 2.26. The van der Waals surface area contributed by atoms with Crippen molar-refractivity contribution >= 4 is 40.7 Å². The molecule has 1 saturated heterocycles. The molecule has 144 valence electrons. The first-order valence-electron chi connectivity index (χ1n) is 9.29. The van der Waals surface area contributed by atoms with Crippen molar-refractivity contribution in [1.29, 1.82) is 0 Å². The molecule has 2 aromatic rings. The van der Waals surface area contributed by atoms with Crippen LogP contribution in [0.25, 0.3) is 0 Å². The van der Waals surface area contributed by atoms with Gasteiger partial charge in [0.25, 0.3) is 0 Å². The van der Waals surface area contributed by atoms with Crippen molar-refractivity contribution < 1.29 is 0 Å². The predicted octanol–water partition coefficient (Wildman–Crippen LogP) is 4.41. The fourth-order valence-electron chi connectivity index (χ4n) is 3.55. The predicted molar refractivity (Wildman–Crippen MR) is 116 cm³/mol. The van der Waals surface area contributed by atoms with Crippen LogP contribution >= 0.6 is 23.8 Å². The second-order valence-corrected chi connectivity index (χ2v) is 8.32. The molecule has 0 radical (unpaired) electrons. The van der Waals surface area contributed by atoms with Crippen LogP contribution in [0, 0.1) is 18.8 Å². The van der Waals surface area contributed by atoms with Gasteiger partial charge in [0.2, 0.25) is 5.95 Å². The third kappa shape index (κ3) is 5.78. The molecule has 1 aromatic carbocycles. The van der Waals surface area contributed by atoms with Crippen LogP contribution in [0.1, 0.15) is 31.5 Å². The van der Waals surface area contributed by atoms with E-state index in [0.29, 0.717) is 29.4 Å². The summed E-state index contributed by atoms with van der Waals surface area (Å²) in [5.41, 5.74) is 2.03. The monoisotopic (exact) mass is 403 g/mol. The van der Waals surface area contributed by atoms with Crippen LogP contribution in [0.5, 0.6) is 0 Å². The Morgan fingerprint density at radius 1 is 1.19 bits per heavy atom. The molecule has 0 bridgehead atoms. The van der Waals surface area contributed by atoms with Gasteiger partial charge in [0, 0.05) is 36.4 Å². The average molecular weight is 404 g/mol. The molecule has 0 amide bonds. The Labute approximate surface area is 171 Å². The second kappa shape index (κ2) is 8.85. The molecule has 0 aliphatic carbocycles. The number of nitrogens with one attached hydrogen (secondary N) is 2. The minimum absolute atomic E-state index is 0.502. The number of anilines is 2. The van der Waals surface area contributed by atoms with Crippen LogP contribution in [-0.2, 0) is 6.54 Å². The highest BCUT2D eigenvalue weighted by Gasteiger charge is 2.23. The van der Waals surface area contributed by atoms with E-state index in [2.05, 4.69) is 34.4 Å². The zero-order valence-corrected chi connectivity index (χ0v) is 17.6.